The summed E-state index contributed by atoms with van der Waals surface area (Å²) in [6, 6.07) is 4.89. The van der Waals surface area contributed by atoms with Gasteiger partial charge in [0.05, 0.1) is 0 Å². The first-order valence-corrected chi connectivity index (χ1v) is 6.82. The van der Waals surface area contributed by atoms with Gasteiger partial charge in [0.25, 0.3) is 0 Å². The smallest absolute Gasteiger partial charge is 0.100 e. The van der Waals surface area contributed by atoms with Gasteiger partial charge >= 0.3 is 0 Å². The average molecular weight is 222 g/mol. The van der Waals surface area contributed by atoms with E-state index in [2.05, 4.69) is 35.2 Å². The summed E-state index contributed by atoms with van der Waals surface area (Å²) in [7, 11) is 0. The van der Waals surface area contributed by atoms with Gasteiger partial charge in [-0.1, -0.05) is 13.0 Å². The molecule has 0 bridgehead atoms. The van der Waals surface area contributed by atoms with E-state index in [0.29, 0.717) is 6.04 Å². The van der Waals surface area contributed by atoms with Crippen LogP contribution >= 0.6 is 11.8 Å². The van der Waals surface area contributed by atoms with Gasteiger partial charge in [-0.3, -0.25) is 4.90 Å². The van der Waals surface area contributed by atoms with Crippen LogP contribution in [0.2, 0.25) is 0 Å². The average Bonchev–Trinajstić information content (AvgIpc) is 2.76. The number of aromatic nitrogens is 1. The van der Waals surface area contributed by atoms with Crippen molar-refractivity contribution in [3.8, 4) is 0 Å². The molecule has 0 unspecified atom stereocenters. The number of rotatable bonds is 3. The Morgan fingerprint density at radius 2 is 2.47 bits per heavy atom. The largest absolute Gasteiger partial charge is 0.297 e. The van der Waals surface area contributed by atoms with Crippen LogP contribution in [0.25, 0.3) is 0 Å². The van der Waals surface area contributed by atoms with Gasteiger partial charge in [0.15, 0.2) is 0 Å². The zero-order chi connectivity index (χ0) is 10.7. The summed E-state index contributed by atoms with van der Waals surface area (Å²) in [6.07, 6.45) is 6.60. The highest BCUT2D eigenvalue weighted by Gasteiger charge is 2.26. The molecular formula is C12H18N2S. The second-order valence-electron chi connectivity index (χ2n) is 3.89. The van der Waals surface area contributed by atoms with E-state index in [1.807, 2.05) is 6.20 Å². The van der Waals surface area contributed by atoms with E-state index in [9.17, 15) is 0 Å². The summed E-state index contributed by atoms with van der Waals surface area (Å²) >= 11 is 1.76. The minimum atomic E-state index is 0.603. The minimum absolute atomic E-state index is 0.603. The van der Waals surface area contributed by atoms with Crippen molar-refractivity contribution in [1.29, 1.82) is 0 Å². The van der Waals surface area contributed by atoms with Gasteiger partial charge in [0.2, 0.25) is 0 Å². The number of pyridine rings is 1. The first kappa shape index (κ1) is 11.0. The van der Waals surface area contributed by atoms with Crippen molar-refractivity contribution in [3.63, 3.8) is 0 Å². The molecule has 1 fully saturated rings. The minimum Gasteiger partial charge on any atom is -0.297 e. The molecule has 0 saturated carbocycles. The van der Waals surface area contributed by atoms with Crippen LogP contribution in [0, 0.1) is 0 Å². The maximum absolute atomic E-state index is 4.45. The Kier molecular flexibility index (Phi) is 3.65. The molecule has 0 amide bonds. The summed E-state index contributed by atoms with van der Waals surface area (Å²) in [5.41, 5.74) is 1.42. The first-order chi connectivity index (χ1) is 7.36. The predicted octanol–water partition coefficient (Wildman–Crippen LogP) is 2.96. The zero-order valence-electron chi connectivity index (χ0n) is 9.44. The number of nitrogens with zero attached hydrogens (tertiary/aromatic N) is 2. The normalized spacial score (nSPS) is 22.1. The monoisotopic (exact) mass is 222 g/mol. The molecule has 0 aromatic carbocycles. The lowest BCUT2D eigenvalue weighted by Crippen LogP contribution is -2.23. The molecular weight excluding hydrogens is 204 g/mol. The number of thioether (sulfide) groups is 1. The Balaban J connectivity index is 2.27. The Hall–Kier alpha value is -0.540. The standard InChI is InChI=1S/C12H18N2S/c1-3-14-9-5-7-11(14)10-6-4-8-13-12(10)15-2/h4,6,8,11H,3,5,7,9H2,1-2H3/t11-/m1/s1. The third-order valence-electron chi connectivity index (χ3n) is 3.12. The number of likely N-dealkylation sites (tertiary alicyclic amines) is 1. The molecule has 1 aliphatic rings. The van der Waals surface area contributed by atoms with E-state index >= 15 is 0 Å². The Labute approximate surface area is 96.1 Å². The fourth-order valence-corrected chi connectivity index (χ4v) is 2.99. The van der Waals surface area contributed by atoms with E-state index in [4.69, 9.17) is 0 Å². The fraction of sp³-hybridized carbons (Fsp3) is 0.583. The van der Waals surface area contributed by atoms with Gasteiger partial charge in [0.1, 0.15) is 5.03 Å². The Morgan fingerprint density at radius 1 is 1.60 bits per heavy atom. The highest BCUT2D eigenvalue weighted by molar-refractivity contribution is 7.98. The molecule has 1 aromatic rings. The van der Waals surface area contributed by atoms with E-state index in [1.54, 1.807) is 11.8 Å². The second kappa shape index (κ2) is 4.99. The lowest BCUT2D eigenvalue weighted by atomic mass is 10.1. The topological polar surface area (TPSA) is 16.1 Å². The lowest BCUT2D eigenvalue weighted by molar-refractivity contribution is 0.268. The van der Waals surface area contributed by atoms with E-state index in [1.165, 1.54) is 30.0 Å². The molecule has 0 aliphatic carbocycles. The van der Waals surface area contributed by atoms with Crippen molar-refractivity contribution in [2.24, 2.45) is 0 Å². The van der Waals surface area contributed by atoms with Crippen molar-refractivity contribution in [1.82, 2.24) is 9.88 Å². The van der Waals surface area contributed by atoms with Crippen molar-refractivity contribution >= 4 is 11.8 Å². The maximum Gasteiger partial charge on any atom is 0.100 e. The fourth-order valence-electron chi connectivity index (χ4n) is 2.38. The van der Waals surface area contributed by atoms with E-state index in [0.717, 1.165) is 6.54 Å². The first-order valence-electron chi connectivity index (χ1n) is 5.59. The van der Waals surface area contributed by atoms with Gasteiger partial charge in [-0.25, -0.2) is 4.98 Å². The van der Waals surface area contributed by atoms with Crippen molar-refractivity contribution in [2.75, 3.05) is 19.3 Å². The van der Waals surface area contributed by atoms with Crippen molar-refractivity contribution < 1.29 is 0 Å². The SMILES string of the molecule is CCN1CCC[C@@H]1c1cccnc1SC. The molecule has 2 nitrogen and oxygen atoms in total. The van der Waals surface area contributed by atoms with Crippen LogP contribution in [0.5, 0.6) is 0 Å². The van der Waals surface area contributed by atoms with Crippen molar-refractivity contribution in [2.45, 2.75) is 30.8 Å². The summed E-state index contributed by atoms with van der Waals surface area (Å²) in [5, 5.41) is 1.20. The van der Waals surface area contributed by atoms with Crippen LogP contribution in [0.3, 0.4) is 0 Å². The summed E-state index contributed by atoms with van der Waals surface area (Å²) < 4.78 is 0. The van der Waals surface area contributed by atoms with E-state index < -0.39 is 0 Å². The molecule has 82 valence electrons. The van der Waals surface area contributed by atoms with Crippen LogP contribution in [0.4, 0.5) is 0 Å². The van der Waals surface area contributed by atoms with Gasteiger partial charge < -0.3 is 0 Å². The third kappa shape index (κ3) is 2.18. The van der Waals surface area contributed by atoms with Crippen LogP contribution in [-0.4, -0.2) is 29.2 Å². The maximum atomic E-state index is 4.45. The highest BCUT2D eigenvalue weighted by Crippen LogP contribution is 2.35. The molecule has 1 aliphatic heterocycles. The summed E-state index contributed by atoms with van der Waals surface area (Å²) in [4.78, 5) is 7.00. The molecule has 0 N–H and O–H groups in total. The Bertz CT molecular complexity index is 327. The molecule has 3 heteroatoms. The van der Waals surface area contributed by atoms with Crippen LogP contribution in [0.1, 0.15) is 31.4 Å². The quantitative estimate of drug-likeness (QED) is 0.731. The van der Waals surface area contributed by atoms with E-state index in [-0.39, 0.29) is 0 Å². The molecule has 2 rings (SSSR count). The van der Waals surface area contributed by atoms with Gasteiger partial charge in [-0.05, 0) is 38.3 Å². The number of hydrogen-bond donors (Lipinski definition) is 0. The molecule has 15 heavy (non-hydrogen) atoms. The molecule has 1 aromatic heterocycles. The van der Waals surface area contributed by atoms with Gasteiger partial charge in [0, 0.05) is 17.8 Å². The predicted molar refractivity (Wildman–Crippen MR) is 65.2 cm³/mol. The molecule has 1 atom stereocenters. The molecule has 1 saturated heterocycles. The van der Waals surface area contributed by atoms with Crippen LogP contribution in [0.15, 0.2) is 23.4 Å². The molecule has 2 heterocycles. The zero-order valence-corrected chi connectivity index (χ0v) is 10.3. The van der Waals surface area contributed by atoms with Crippen molar-refractivity contribution in [3.05, 3.63) is 23.9 Å². The highest BCUT2D eigenvalue weighted by atomic mass is 32.2. The lowest BCUT2D eigenvalue weighted by Gasteiger charge is -2.24. The number of hydrogen-bond acceptors (Lipinski definition) is 3. The third-order valence-corrected chi connectivity index (χ3v) is 3.85. The van der Waals surface area contributed by atoms with Crippen LogP contribution < -0.4 is 0 Å². The van der Waals surface area contributed by atoms with Gasteiger partial charge in [-0.2, -0.15) is 0 Å². The molecule has 0 spiro atoms. The van der Waals surface area contributed by atoms with Gasteiger partial charge in [-0.15, -0.1) is 11.8 Å². The summed E-state index contributed by atoms with van der Waals surface area (Å²) in [6.45, 7) is 4.63. The second-order valence-corrected chi connectivity index (χ2v) is 4.68. The summed E-state index contributed by atoms with van der Waals surface area (Å²) in [5.74, 6) is 0. The Morgan fingerprint density at radius 3 is 3.20 bits per heavy atom. The molecule has 0 radical (unpaired) electrons. The van der Waals surface area contributed by atoms with Crippen LogP contribution in [-0.2, 0) is 0 Å².